The van der Waals surface area contributed by atoms with Crippen molar-refractivity contribution in [1.29, 1.82) is 0 Å². The van der Waals surface area contributed by atoms with Crippen LogP contribution in [0.2, 0.25) is 0 Å². The number of hydrogen-bond acceptors (Lipinski definition) is 6. The first-order chi connectivity index (χ1) is 16.9. The number of rotatable bonds is 12. The van der Waals surface area contributed by atoms with Crippen LogP contribution in [0.1, 0.15) is 32.8 Å². The minimum atomic E-state index is -3.96. The Bertz CT molecular complexity index is 1170. The summed E-state index contributed by atoms with van der Waals surface area (Å²) in [6.45, 7) is 4.41. The fourth-order valence-corrected chi connectivity index (χ4v) is 4.30. The number of hydrogen-bond donors (Lipinski definition) is 1. The monoisotopic (exact) mass is 523 g/mol. The number of carbonyl (C=O) groups is 2. The van der Waals surface area contributed by atoms with Crippen molar-refractivity contribution in [3.05, 3.63) is 53.8 Å². The van der Waals surface area contributed by atoms with Gasteiger partial charge >= 0.3 is 0 Å². The van der Waals surface area contributed by atoms with E-state index in [0.717, 1.165) is 10.6 Å². The first-order valence-electron chi connectivity index (χ1n) is 11.5. The predicted molar refractivity (Wildman–Crippen MR) is 136 cm³/mol. The van der Waals surface area contributed by atoms with Crippen LogP contribution in [0, 0.1) is 5.82 Å². The maximum absolute atomic E-state index is 14.5. The van der Waals surface area contributed by atoms with Gasteiger partial charge in [0.1, 0.15) is 29.9 Å². The second-order valence-corrected chi connectivity index (χ2v) is 10.3. The van der Waals surface area contributed by atoms with Crippen LogP contribution in [-0.2, 0) is 26.2 Å². The van der Waals surface area contributed by atoms with Gasteiger partial charge in [0.15, 0.2) is 0 Å². The van der Waals surface area contributed by atoms with Crippen LogP contribution in [-0.4, -0.2) is 64.2 Å². The largest absolute Gasteiger partial charge is 0.497 e. The molecule has 0 aliphatic heterocycles. The van der Waals surface area contributed by atoms with Gasteiger partial charge in [0.2, 0.25) is 21.8 Å². The Kier molecular flexibility index (Phi) is 10.1. The first-order valence-corrected chi connectivity index (χ1v) is 13.3. The van der Waals surface area contributed by atoms with E-state index < -0.39 is 40.2 Å². The number of sulfonamides is 1. The fraction of sp³-hybridized carbons (Fsp3) is 0.440. The first kappa shape index (κ1) is 28.9. The molecule has 2 aromatic rings. The third kappa shape index (κ3) is 7.33. The zero-order valence-electron chi connectivity index (χ0n) is 21.4. The number of amides is 2. The summed E-state index contributed by atoms with van der Waals surface area (Å²) in [6, 6.07) is 9.28. The third-order valence-corrected chi connectivity index (χ3v) is 6.93. The fourth-order valence-electron chi connectivity index (χ4n) is 3.44. The van der Waals surface area contributed by atoms with Crippen molar-refractivity contribution in [2.45, 2.75) is 45.8 Å². The van der Waals surface area contributed by atoms with Gasteiger partial charge in [-0.15, -0.1) is 0 Å². The molecule has 36 heavy (non-hydrogen) atoms. The maximum Gasteiger partial charge on any atom is 0.244 e. The highest BCUT2D eigenvalue weighted by Crippen LogP contribution is 2.33. The summed E-state index contributed by atoms with van der Waals surface area (Å²) in [6.07, 6.45) is 1.64. The van der Waals surface area contributed by atoms with Crippen LogP contribution < -0.4 is 19.1 Å². The second kappa shape index (κ2) is 12.6. The standard InChI is InChI=1S/C25H34FN3O6S/c1-7-17(2)27-25(31)18(3)28(15-19-10-8-9-11-21(19)26)24(30)16-29(36(6,32)33)22-13-12-20(34-4)14-23(22)35-5/h8-14,17-18H,7,15-16H2,1-6H3,(H,27,31). The van der Waals surface area contributed by atoms with Gasteiger partial charge in [0.05, 0.1) is 26.2 Å². The minimum absolute atomic E-state index is 0.122. The van der Waals surface area contributed by atoms with Crippen molar-refractivity contribution in [3.8, 4) is 11.5 Å². The van der Waals surface area contributed by atoms with Crippen LogP contribution in [0.25, 0.3) is 0 Å². The summed E-state index contributed by atoms with van der Waals surface area (Å²) in [5.74, 6) is -1.04. The number of nitrogens with one attached hydrogen (secondary N) is 1. The average molecular weight is 524 g/mol. The zero-order chi connectivity index (χ0) is 27.0. The van der Waals surface area contributed by atoms with Gasteiger partial charge in [-0.05, 0) is 38.5 Å². The summed E-state index contributed by atoms with van der Waals surface area (Å²) in [5, 5.41) is 2.82. The number of nitrogens with zero attached hydrogens (tertiary/aromatic N) is 2. The summed E-state index contributed by atoms with van der Waals surface area (Å²) in [5.41, 5.74) is 0.318. The maximum atomic E-state index is 14.5. The lowest BCUT2D eigenvalue weighted by molar-refractivity contribution is -0.139. The quantitative estimate of drug-likeness (QED) is 0.459. The summed E-state index contributed by atoms with van der Waals surface area (Å²) < 4.78 is 51.3. The SMILES string of the molecule is CCC(C)NC(=O)C(C)N(Cc1ccccc1F)C(=O)CN(c1ccc(OC)cc1OC)S(C)(=O)=O. The highest BCUT2D eigenvalue weighted by Gasteiger charge is 2.32. The van der Waals surface area contributed by atoms with Gasteiger partial charge in [-0.25, -0.2) is 12.8 Å². The van der Waals surface area contributed by atoms with Crippen LogP contribution in [0.5, 0.6) is 11.5 Å². The van der Waals surface area contributed by atoms with Crippen LogP contribution in [0.15, 0.2) is 42.5 Å². The molecular weight excluding hydrogens is 489 g/mol. The van der Waals surface area contributed by atoms with Crippen molar-refractivity contribution < 1.29 is 31.9 Å². The topological polar surface area (TPSA) is 105 Å². The molecule has 2 atom stereocenters. The van der Waals surface area contributed by atoms with E-state index in [9.17, 15) is 22.4 Å². The van der Waals surface area contributed by atoms with Crippen molar-refractivity contribution in [1.82, 2.24) is 10.2 Å². The van der Waals surface area contributed by atoms with Crippen molar-refractivity contribution >= 4 is 27.5 Å². The Balaban J connectivity index is 2.47. The van der Waals surface area contributed by atoms with E-state index >= 15 is 0 Å². The molecule has 0 aliphatic carbocycles. The molecule has 0 heterocycles. The Morgan fingerprint density at radius 1 is 1.08 bits per heavy atom. The summed E-state index contributed by atoms with van der Waals surface area (Å²) >= 11 is 0. The molecule has 0 saturated carbocycles. The molecule has 0 aromatic heterocycles. The van der Waals surface area contributed by atoms with Gasteiger partial charge < -0.3 is 19.7 Å². The molecule has 2 rings (SSSR count). The smallest absolute Gasteiger partial charge is 0.244 e. The van der Waals surface area contributed by atoms with E-state index in [4.69, 9.17) is 9.47 Å². The van der Waals surface area contributed by atoms with E-state index in [1.807, 2.05) is 13.8 Å². The van der Waals surface area contributed by atoms with Crippen LogP contribution in [0.3, 0.4) is 0 Å². The third-order valence-electron chi connectivity index (χ3n) is 5.80. The number of benzene rings is 2. The lowest BCUT2D eigenvalue weighted by atomic mass is 10.1. The van der Waals surface area contributed by atoms with Crippen LogP contribution >= 0.6 is 0 Å². The van der Waals surface area contributed by atoms with E-state index in [1.54, 1.807) is 12.1 Å². The van der Waals surface area contributed by atoms with Crippen molar-refractivity contribution in [2.24, 2.45) is 0 Å². The van der Waals surface area contributed by atoms with Gasteiger partial charge in [0, 0.05) is 24.2 Å². The molecule has 1 N–H and O–H groups in total. The number of ether oxygens (including phenoxy) is 2. The van der Waals surface area contributed by atoms with Gasteiger partial charge in [0.25, 0.3) is 0 Å². The molecule has 0 saturated heterocycles. The van der Waals surface area contributed by atoms with E-state index in [1.165, 1.54) is 56.4 Å². The second-order valence-electron chi connectivity index (χ2n) is 8.41. The lowest BCUT2D eigenvalue weighted by Gasteiger charge is -2.32. The van der Waals surface area contributed by atoms with E-state index in [2.05, 4.69) is 5.32 Å². The highest BCUT2D eigenvalue weighted by atomic mass is 32.2. The predicted octanol–water partition coefficient (Wildman–Crippen LogP) is 2.94. The average Bonchev–Trinajstić information content (AvgIpc) is 2.85. The molecule has 0 radical (unpaired) electrons. The van der Waals surface area contributed by atoms with Gasteiger partial charge in [-0.1, -0.05) is 25.1 Å². The van der Waals surface area contributed by atoms with Crippen LogP contribution in [0.4, 0.5) is 10.1 Å². The van der Waals surface area contributed by atoms with E-state index in [0.29, 0.717) is 12.2 Å². The Hall–Kier alpha value is -3.34. The normalized spacial score (nSPS) is 12.9. The van der Waals surface area contributed by atoms with Gasteiger partial charge in [-0.3, -0.25) is 13.9 Å². The summed E-state index contributed by atoms with van der Waals surface area (Å²) in [4.78, 5) is 27.6. The number of methoxy groups -OCH3 is 2. The molecule has 0 spiro atoms. The number of anilines is 1. The van der Waals surface area contributed by atoms with Gasteiger partial charge in [-0.2, -0.15) is 0 Å². The molecule has 2 amide bonds. The summed E-state index contributed by atoms with van der Waals surface area (Å²) in [7, 11) is -1.13. The Morgan fingerprint density at radius 3 is 2.31 bits per heavy atom. The lowest BCUT2D eigenvalue weighted by Crippen LogP contribution is -2.52. The molecule has 0 aliphatic rings. The molecule has 9 nitrogen and oxygen atoms in total. The van der Waals surface area contributed by atoms with Crippen molar-refractivity contribution in [3.63, 3.8) is 0 Å². The zero-order valence-corrected chi connectivity index (χ0v) is 22.3. The molecule has 2 aromatic carbocycles. The number of halogens is 1. The molecule has 2 unspecified atom stereocenters. The molecule has 0 bridgehead atoms. The Labute approximate surface area is 212 Å². The van der Waals surface area contributed by atoms with Crippen molar-refractivity contribution in [2.75, 3.05) is 31.3 Å². The Morgan fingerprint density at radius 2 is 1.75 bits per heavy atom. The number of carbonyl (C=O) groups excluding carboxylic acids is 2. The van der Waals surface area contributed by atoms with E-state index in [-0.39, 0.29) is 29.6 Å². The minimum Gasteiger partial charge on any atom is -0.497 e. The molecule has 198 valence electrons. The molecule has 0 fully saturated rings. The highest BCUT2D eigenvalue weighted by molar-refractivity contribution is 7.92. The molecule has 11 heteroatoms. The molecular formula is C25H34FN3O6S.